The van der Waals surface area contributed by atoms with E-state index in [4.69, 9.17) is 4.65 Å². The molecule has 3 nitrogen and oxygen atoms in total. The van der Waals surface area contributed by atoms with Crippen LogP contribution in [-0.2, 0) is 30.3 Å². The maximum Gasteiger partial charge on any atom is -0.0238 e. The third-order valence-corrected chi connectivity index (χ3v) is 5.32. The predicted octanol–water partition coefficient (Wildman–Crippen LogP) is 6.53. The van der Waals surface area contributed by atoms with Gasteiger partial charge in [-0.25, -0.2) is 0 Å². The molecule has 0 amide bonds. The molecular formula is C31H28O3. The summed E-state index contributed by atoms with van der Waals surface area (Å²) >= 11 is 0. The van der Waals surface area contributed by atoms with Crippen LogP contribution in [0.2, 0.25) is 0 Å². The Morgan fingerprint density at radius 3 is 0.971 bits per heavy atom. The van der Waals surface area contributed by atoms with Crippen LogP contribution in [0.5, 0.6) is 0 Å². The van der Waals surface area contributed by atoms with E-state index < -0.39 is 0 Å². The van der Waals surface area contributed by atoms with Gasteiger partial charge in [0.15, 0.2) is 0 Å². The molecule has 0 bridgehead atoms. The quantitative estimate of drug-likeness (QED) is 0.175. The average molecular weight is 449 g/mol. The van der Waals surface area contributed by atoms with Crippen molar-refractivity contribution >= 4 is 12.6 Å². The molecule has 4 rings (SSSR count). The number of hydrogen-bond donors (Lipinski definition) is 0. The maximum atomic E-state index is 10.5. The molecule has 0 aliphatic rings. The maximum absolute atomic E-state index is 10.5. The Labute approximate surface area is 201 Å². The van der Waals surface area contributed by atoms with Gasteiger partial charge in [0.25, 0.3) is 0 Å². The number of hydrogen-bond acceptors (Lipinski definition) is 2. The number of carbonyl (C=O) groups excluding carboxylic acids is 2. The largest absolute Gasteiger partial charge is 0.0622 e. The number of rotatable bonds is 8. The Morgan fingerprint density at radius 1 is 0.441 bits per heavy atom. The molecule has 0 aliphatic heterocycles. The average Bonchev–Trinajstić information content (AvgIpc) is 2.94. The molecule has 0 radical (unpaired) electrons. The van der Waals surface area contributed by atoms with E-state index in [1.807, 2.05) is 48.5 Å². The monoisotopic (exact) mass is 448 g/mol. The van der Waals surface area contributed by atoms with Gasteiger partial charge in [-0.1, -0.05) is 109 Å². The first kappa shape index (κ1) is 26.2. The number of aryl methyl sites for hydroxylation is 4. The Hall–Kier alpha value is -4.04. The van der Waals surface area contributed by atoms with Gasteiger partial charge in [0.2, 0.25) is 0 Å². The molecule has 34 heavy (non-hydrogen) atoms. The van der Waals surface area contributed by atoms with Gasteiger partial charge in [-0.15, -0.1) is 0 Å². The summed E-state index contributed by atoms with van der Waals surface area (Å²) < 4.78 is 7.50. The van der Waals surface area contributed by atoms with E-state index in [1.165, 1.54) is 22.3 Å². The summed E-state index contributed by atoms with van der Waals surface area (Å²) in [6.07, 6.45) is 5.82. The minimum atomic E-state index is 0.703. The van der Waals surface area contributed by atoms with E-state index in [1.54, 1.807) is 0 Å². The van der Waals surface area contributed by atoms with Crippen molar-refractivity contribution in [3.05, 3.63) is 149 Å². The Bertz CT molecular complexity index is 1020. The second-order valence-electron chi connectivity index (χ2n) is 7.69. The van der Waals surface area contributed by atoms with Gasteiger partial charge < -0.3 is 0 Å². The van der Waals surface area contributed by atoms with Gasteiger partial charge in [-0.3, -0.25) is 9.59 Å². The molecular weight excluding hydrogens is 420 g/mol. The normalized spacial score (nSPS) is 9.47. The Kier molecular flexibility index (Phi) is 12.1. The molecule has 0 unspecified atom stereocenters. The molecule has 0 aliphatic carbocycles. The van der Waals surface area contributed by atoms with Crippen molar-refractivity contribution in [1.82, 2.24) is 0 Å². The van der Waals surface area contributed by atoms with E-state index in [0.717, 1.165) is 38.3 Å². The minimum absolute atomic E-state index is 0.703. The van der Waals surface area contributed by atoms with Gasteiger partial charge in [-0.05, 0) is 47.9 Å². The molecule has 0 atom stereocenters. The van der Waals surface area contributed by atoms with Crippen LogP contribution in [0.4, 0.5) is 0 Å². The van der Waals surface area contributed by atoms with Crippen LogP contribution in [0.25, 0.3) is 0 Å². The van der Waals surface area contributed by atoms with Crippen LogP contribution in [0.15, 0.2) is 109 Å². The summed E-state index contributed by atoms with van der Waals surface area (Å²) in [6, 6.07) is 36.5. The Balaban J connectivity index is 0.000000230. The summed E-state index contributed by atoms with van der Waals surface area (Å²) in [5.74, 6) is 0. The molecule has 0 saturated heterocycles. The molecule has 0 N–H and O–H groups in total. The van der Waals surface area contributed by atoms with Crippen molar-refractivity contribution in [2.45, 2.75) is 25.7 Å². The van der Waals surface area contributed by atoms with E-state index in [9.17, 15) is 9.59 Å². The molecule has 0 saturated carbocycles. The van der Waals surface area contributed by atoms with Crippen LogP contribution in [0.1, 0.15) is 43.0 Å². The smallest absolute Gasteiger partial charge is 0.0238 e. The SMILES string of the molecule is O=Cc1ccc(CCc2ccc(C=O)cc2)cc1.[C-]#[O+].c1ccc(CCc2ccccc2)cc1. The van der Waals surface area contributed by atoms with Crippen molar-refractivity contribution in [3.8, 4) is 0 Å². The zero-order chi connectivity index (χ0) is 24.4. The summed E-state index contributed by atoms with van der Waals surface area (Å²) in [5, 5.41) is 0. The predicted molar refractivity (Wildman–Crippen MR) is 135 cm³/mol. The van der Waals surface area contributed by atoms with E-state index in [2.05, 4.69) is 67.3 Å². The van der Waals surface area contributed by atoms with Gasteiger partial charge in [0.05, 0.1) is 0 Å². The zero-order valence-electron chi connectivity index (χ0n) is 19.1. The van der Waals surface area contributed by atoms with Gasteiger partial charge in [0, 0.05) is 11.1 Å². The molecule has 0 fully saturated rings. The van der Waals surface area contributed by atoms with Crippen LogP contribution in [-0.4, -0.2) is 12.6 Å². The van der Waals surface area contributed by atoms with E-state index in [-0.39, 0.29) is 0 Å². The van der Waals surface area contributed by atoms with Gasteiger partial charge in [-0.2, -0.15) is 0 Å². The number of aldehydes is 2. The third kappa shape index (κ3) is 9.62. The molecule has 4 aromatic rings. The second-order valence-corrected chi connectivity index (χ2v) is 7.69. The number of benzene rings is 4. The molecule has 0 aromatic heterocycles. The van der Waals surface area contributed by atoms with Crippen LogP contribution in [0.3, 0.4) is 0 Å². The fourth-order valence-electron chi connectivity index (χ4n) is 3.39. The summed E-state index contributed by atoms with van der Waals surface area (Å²) in [4.78, 5) is 21.1. The molecule has 170 valence electrons. The zero-order valence-corrected chi connectivity index (χ0v) is 19.1. The summed E-state index contributed by atoms with van der Waals surface area (Å²) in [7, 11) is 0. The minimum Gasteiger partial charge on any atom is -0.0622 e. The topological polar surface area (TPSA) is 54.0 Å². The van der Waals surface area contributed by atoms with Crippen LogP contribution >= 0.6 is 0 Å². The summed E-state index contributed by atoms with van der Waals surface area (Å²) in [5.41, 5.74) is 6.65. The first-order chi connectivity index (χ1) is 16.8. The van der Waals surface area contributed by atoms with Crippen molar-refractivity contribution in [1.29, 1.82) is 0 Å². The van der Waals surface area contributed by atoms with E-state index in [0.29, 0.717) is 11.1 Å². The van der Waals surface area contributed by atoms with Crippen molar-refractivity contribution < 1.29 is 14.2 Å². The molecule has 4 aromatic carbocycles. The Morgan fingerprint density at radius 2 is 0.706 bits per heavy atom. The first-order valence-electron chi connectivity index (χ1n) is 11.1. The van der Waals surface area contributed by atoms with Crippen molar-refractivity contribution in [3.63, 3.8) is 0 Å². The summed E-state index contributed by atoms with van der Waals surface area (Å²) in [6.45, 7) is 4.50. The second kappa shape index (κ2) is 15.7. The fraction of sp³-hybridized carbons (Fsp3) is 0.129. The molecule has 0 spiro atoms. The third-order valence-electron chi connectivity index (χ3n) is 5.32. The van der Waals surface area contributed by atoms with Crippen LogP contribution < -0.4 is 0 Å². The van der Waals surface area contributed by atoms with Crippen LogP contribution in [0, 0.1) is 6.65 Å². The first-order valence-corrected chi connectivity index (χ1v) is 11.1. The van der Waals surface area contributed by atoms with E-state index >= 15 is 0 Å². The molecule has 0 heterocycles. The fourth-order valence-corrected chi connectivity index (χ4v) is 3.39. The van der Waals surface area contributed by atoms with Gasteiger partial charge >= 0.3 is 11.3 Å². The van der Waals surface area contributed by atoms with Crippen molar-refractivity contribution in [2.75, 3.05) is 0 Å². The molecule has 3 heteroatoms. The van der Waals surface area contributed by atoms with Crippen molar-refractivity contribution in [2.24, 2.45) is 0 Å². The standard InChI is InChI=1S/C16H14O2.C14H14.CO/c17-11-15-7-3-13(4-8-15)1-2-14-5-9-16(12-18)10-6-14;1-3-7-13(8-4-1)11-12-14-9-5-2-6-10-14;1-2/h3-12H,1-2H2;1-10H,11-12H2;. The number of carbonyl (C=O) groups is 2. The van der Waals surface area contributed by atoms with Gasteiger partial charge in [0.1, 0.15) is 12.6 Å².